The van der Waals surface area contributed by atoms with Gasteiger partial charge in [0.15, 0.2) is 17.0 Å². The number of hydrogen-bond acceptors (Lipinski definition) is 7. The molecule has 1 aliphatic heterocycles. The van der Waals surface area contributed by atoms with Gasteiger partial charge < -0.3 is 15.2 Å². The average Bonchev–Trinajstić information content (AvgIpc) is 3.18. The summed E-state index contributed by atoms with van der Waals surface area (Å²) < 4.78 is 8.07. The van der Waals surface area contributed by atoms with Crippen molar-refractivity contribution < 1.29 is 9.84 Å². The number of aromatic nitrogens is 4. The number of hydrogen-bond donors (Lipinski definition) is 2. The second-order valence-corrected chi connectivity index (χ2v) is 8.47. The summed E-state index contributed by atoms with van der Waals surface area (Å²) in [5, 5.41) is 13.8. The van der Waals surface area contributed by atoms with E-state index in [1.807, 2.05) is 28.8 Å². The average molecular weight is 431 g/mol. The number of aliphatic hydroxyl groups excluding tert-OH is 1. The fraction of sp³-hybridized carbons (Fsp3) is 0.476. The van der Waals surface area contributed by atoms with Gasteiger partial charge in [-0.25, -0.2) is 15.0 Å². The summed E-state index contributed by atoms with van der Waals surface area (Å²) in [7, 11) is 0. The lowest BCUT2D eigenvalue weighted by molar-refractivity contribution is -0.135. The van der Waals surface area contributed by atoms with Gasteiger partial charge in [-0.2, -0.15) is 0 Å². The molecule has 2 aromatic heterocycles. The minimum Gasteiger partial charge on any atom is -0.394 e. The van der Waals surface area contributed by atoms with Crippen molar-refractivity contribution in [2.45, 2.75) is 32.7 Å². The summed E-state index contributed by atoms with van der Waals surface area (Å²) in [5.74, 6) is 1.21. The Morgan fingerprint density at radius 2 is 2.00 bits per heavy atom. The SMILES string of the molecule is CC(C)CNc1ncnc2c1ncn2[C@H]1CN(Cc2ccc(Cl)cc2)C[C@@H](CO)O1. The molecule has 1 saturated heterocycles. The molecule has 1 aliphatic rings. The third kappa shape index (κ3) is 4.73. The molecular weight excluding hydrogens is 404 g/mol. The maximum atomic E-state index is 9.78. The molecule has 0 unspecified atom stereocenters. The first kappa shape index (κ1) is 21.0. The first-order valence-electron chi connectivity index (χ1n) is 10.2. The standard InChI is InChI=1S/C21H27ClN6O2/c1-14(2)7-23-20-19-21(25-12-24-20)28(13-26-19)18-10-27(9-17(11-29)30-18)8-15-3-5-16(22)6-4-15/h3-6,12-14,17-18,29H,7-11H2,1-2H3,(H,23,24,25)/t17-,18+/m0/s1. The lowest BCUT2D eigenvalue weighted by Crippen LogP contribution is -2.46. The van der Waals surface area contributed by atoms with E-state index in [-0.39, 0.29) is 18.9 Å². The van der Waals surface area contributed by atoms with Crippen molar-refractivity contribution in [1.82, 2.24) is 24.4 Å². The Bertz CT molecular complexity index is 977. The summed E-state index contributed by atoms with van der Waals surface area (Å²) in [6.45, 7) is 7.10. The number of aliphatic hydroxyl groups is 1. The molecule has 0 radical (unpaired) electrons. The van der Waals surface area contributed by atoms with Gasteiger partial charge in [-0.3, -0.25) is 9.47 Å². The number of halogens is 1. The molecular formula is C21H27ClN6O2. The van der Waals surface area contributed by atoms with Crippen molar-refractivity contribution in [3.63, 3.8) is 0 Å². The summed E-state index contributed by atoms with van der Waals surface area (Å²) in [6.07, 6.45) is 2.70. The van der Waals surface area contributed by atoms with E-state index in [1.165, 1.54) is 0 Å². The number of rotatable bonds is 7. The van der Waals surface area contributed by atoms with E-state index < -0.39 is 0 Å². The zero-order valence-electron chi connectivity index (χ0n) is 17.2. The fourth-order valence-electron chi connectivity index (χ4n) is 3.62. The predicted molar refractivity (Wildman–Crippen MR) is 116 cm³/mol. The number of benzene rings is 1. The summed E-state index contributed by atoms with van der Waals surface area (Å²) in [4.78, 5) is 15.6. The predicted octanol–water partition coefficient (Wildman–Crippen LogP) is 2.94. The molecule has 4 rings (SSSR count). The minimum absolute atomic E-state index is 0.0452. The molecule has 9 heteroatoms. The van der Waals surface area contributed by atoms with Gasteiger partial charge in [0.2, 0.25) is 0 Å². The van der Waals surface area contributed by atoms with E-state index >= 15 is 0 Å². The van der Waals surface area contributed by atoms with Crippen LogP contribution in [0.1, 0.15) is 25.6 Å². The van der Waals surface area contributed by atoms with Gasteiger partial charge in [0.1, 0.15) is 12.6 Å². The molecule has 0 aliphatic carbocycles. The summed E-state index contributed by atoms with van der Waals surface area (Å²) in [6, 6.07) is 7.83. The molecule has 160 valence electrons. The third-order valence-electron chi connectivity index (χ3n) is 5.10. The topological polar surface area (TPSA) is 88.3 Å². The Balaban J connectivity index is 1.56. The lowest BCUT2D eigenvalue weighted by Gasteiger charge is -2.37. The van der Waals surface area contributed by atoms with Crippen LogP contribution < -0.4 is 5.32 Å². The van der Waals surface area contributed by atoms with E-state index in [0.29, 0.717) is 24.7 Å². The smallest absolute Gasteiger partial charge is 0.167 e. The highest BCUT2D eigenvalue weighted by Gasteiger charge is 2.30. The monoisotopic (exact) mass is 430 g/mol. The van der Waals surface area contributed by atoms with Crippen LogP contribution in [0.4, 0.5) is 5.82 Å². The number of nitrogens with one attached hydrogen (secondary N) is 1. The van der Waals surface area contributed by atoms with Crippen LogP contribution in [0.3, 0.4) is 0 Å². The van der Waals surface area contributed by atoms with Gasteiger partial charge in [0.05, 0.1) is 19.0 Å². The van der Waals surface area contributed by atoms with Crippen LogP contribution in [0.2, 0.25) is 5.02 Å². The molecule has 2 N–H and O–H groups in total. The normalized spacial score (nSPS) is 20.2. The zero-order chi connectivity index (χ0) is 21.1. The summed E-state index contributed by atoms with van der Waals surface area (Å²) >= 11 is 6.00. The molecule has 0 bridgehead atoms. The van der Waals surface area contributed by atoms with Crippen molar-refractivity contribution in [2.24, 2.45) is 5.92 Å². The molecule has 30 heavy (non-hydrogen) atoms. The third-order valence-corrected chi connectivity index (χ3v) is 5.35. The molecule has 1 fully saturated rings. The second-order valence-electron chi connectivity index (χ2n) is 8.04. The number of anilines is 1. The number of ether oxygens (including phenoxy) is 1. The van der Waals surface area contributed by atoms with Crippen molar-refractivity contribution in [1.29, 1.82) is 0 Å². The number of fused-ring (bicyclic) bond motifs is 1. The minimum atomic E-state index is -0.305. The van der Waals surface area contributed by atoms with Crippen molar-refractivity contribution in [2.75, 3.05) is 31.6 Å². The summed E-state index contributed by atoms with van der Waals surface area (Å²) in [5.41, 5.74) is 2.60. The van der Waals surface area contributed by atoms with Gasteiger partial charge in [-0.1, -0.05) is 37.6 Å². The molecule has 8 nitrogen and oxygen atoms in total. The van der Waals surface area contributed by atoms with E-state index in [2.05, 4.69) is 39.0 Å². The van der Waals surface area contributed by atoms with E-state index in [9.17, 15) is 5.11 Å². The maximum absolute atomic E-state index is 9.78. The van der Waals surface area contributed by atoms with Gasteiger partial charge in [0, 0.05) is 31.2 Å². The Labute approximate surface area is 180 Å². The Morgan fingerprint density at radius 1 is 1.20 bits per heavy atom. The van der Waals surface area contributed by atoms with Gasteiger partial charge in [-0.05, 0) is 23.6 Å². The van der Waals surface area contributed by atoms with Crippen LogP contribution in [-0.4, -0.2) is 61.9 Å². The lowest BCUT2D eigenvalue weighted by atomic mass is 10.2. The van der Waals surface area contributed by atoms with Gasteiger partial charge in [0.25, 0.3) is 0 Å². The van der Waals surface area contributed by atoms with Crippen LogP contribution in [0, 0.1) is 5.92 Å². The van der Waals surface area contributed by atoms with Crippen molar-refractivity contribution in [3.05, 3.63) is 47.5 Å². The molecule has 0 amide bonds. The van der Waals surface area contributed by atoms with Crippen molar-refractivity contribution >= 4 is 28.6 Å². The largest absolute Gasteiger partial charge is 0.394 e. The zero-order valence-corrected chi connectivity index (χ0v) is 18.0. The number of imidazole rings is 1. The van der Waals surface area contributed by atoms with Gasteiger partial charge >= 0.3 is 0 Å². The first-order valence-corrected chi connectivity index (χ1v) is 10.6. The van der Waals surface area contributed by atoms with Crippen LogP contribution in [-0.2, 0) is 11.3 Å². The van der Waals surface area contributed by atoms with Crippen LogP contribution in [0.25, 0.3) is 11.2 Å². The highest BCUT2D eigenvalue weighted by molar-refractivity contribution is 6.30. The highest BCUT2D eigenvalue weighted by Crippen LogP contribution is 2.26. The van der Waals surface area contributed by atoms with Gasteiger partial charge in [-0.15, -0.1) is 0 Å². The number of nitrogens with zero attached hydrogens (tertiary/aromatic N) is 5. The van der Waals surface area contributed by atoms with E-state index in [0.717, 1.165) is 35.0 Å². The first-order chi connectivity index (χ1) is 14.5. The molecule has 0 spiro atoms. The Hall–Kier alpha value is -2.26. The number of morpholine rings is 1. The quantitative estimate of drug-likeness (QED) is 0.595. The molecule has 0 saturated carbocycles. The fourth-order valence-corrected chi connectivity index (χ4v) is 3.74. The second kappa shape index (κ2) is 9.26. The highest BCUT2D eigenvalue weighted by atomic mass is 35.5. The Kier molecular flexibility index (Phi) is 6.48. The molecule has 3 heterocycles. The molecule has 3 aromatic rings. The van der Waals surface area contributed by atoms with Crippen LogP contribution in [0.5, 0.6) is 0 Å². The maximum Gasteiger partial charge on any atom is 0.167 e. The van der Waals surface area contributed by atoms with Crippen molar-refractivity contribution in [3.8, 4) is 0 Å². The molecule has 1 aromatic carbocycles. The van der Waals surface area contributed by atoms with E-state index in [4.69, 9.17) is 16.3 Å². The Morgan fingerprint density at radius 3 is 2.73 bits per heavy atom. The van der Waals surface area contributed by atoms with Crippen LogP contribution >= 0.6 is 11.6 Å². The van der Waals surface area contributed by atoms with E-state index in [1.54, 1.807) is 12.7 Å². The molecule has 2 atom stereocenters. The van der Waals surface area contributed by atoms with Crippen LogP contribution in [0.15, 0.2) is 36.9 Å².